The molecule has 1 aromatic rings. The second kappa shape index (κ2) is 8.34. The van der Waals surface area contributed by atoms with Crippen molar-refractivity contribution in [1.29, 1.82) is 5.26 Å². The van der Waals surface area contributed by atoms with Gasteiger partial charge in [0.15, 0.2) is 0 Å². The van der Waals surface area contributed by atoms with Crippen LogP contribution in [-0.4, -0.2) is 19.0 Å². The van der Waals surface area contributed by atoms with Crippen molar-refractivity contribution in [3.63, 3.8) is 0 Å². The summed E-state index contributed by atoms with van der Waals surface area (Å²) in [5.41, 5.74) is 2.94. The van der Waals surface area contributed by atoms with E-state index in [1.54, 1.807) is 0 Å². The Morgan fingerprint density at radius 1 is 1.40 bits per heavy atom. The minimum absolute atomic E-state index is 0.0859. The van der Waals surface area contributed by atoms with Crippen LogP contribution in [0.25, 0.3) is 0 Å². The van der Waals surface area contributed by atoms with Gasteiger partial charge < -0.3 is 10.6 Å². The molecule has 0 fully saturated rings. The molecule has 0 bridgehead atoms. The monoisotopic (exact) mass is 273 g/mol. The molecule has 108 valence electrons. The molecule has 20 heavy (non-hydrogen) atoms. The quantitative estimate of drug-likeness (QED) is 0.748. The van der Waals surface area contributed by atoms with Gasteiger partial charge in [0.05, 0.1) is 11.6 Å². The molecule has 0 saturated heterocycles. The van der Waals surface area contributed by atoms with Crippen LogP contribution in [0.5, 0.6) is 0 Å². The molecule has 0 aliphatic rings. The predicted molar refractivity (Wildman–Crippen MR) is 80.1 cm³/mol. The van der Waals surface area contributed by atoms with Crippen molar-refractivity contribution >= 4 is 5.91 Å². The number of amides is 1. The maximum atomic E-state index is 11.5. The zero-order valence-electron chi connectivity index (χ0n) is 12.5. The number of carbonyl (C=O) groups excluding carboxylic acids is 1. The molecule has 0 spiro atoms. The standard InChI is InChI=1S/C16H23N3O/c1-12(2)10-19-16(20)6-7-18-11-15-5-4-14(9-17)8-13(15)3/h4-5,8,12,18H,6-7,10-11H2,1-3H3,(H,19,20). The first-order valence-electron chi connectivity index (χ1n) is 7.00. The molecule has 0 aliphatic heterocycles. The predicted octanol–water partition coefficient (Wildman–Crippen LogP) is 2.12. The summed E-state index contributed by atoms with van der Waals surface area (Å²) in [5.74, 6) is 0.566. The van der Waals surface area contributed by atoms with Crippen molar-refractivity contribution in [2.45, 2.75) is 33.7 Å². The van der Waals surface area contributed by atoms with Gasteiger partial charge in [0, 0.05) is 26.1 Å². The van der Waals surface area contributed by atoms with Gasteiger partial charge in [0.25, 0.3) is 0 Å². The minimum atomic E-state index is 0.0859. The van der Waals surface area contributed by atoms with Crippen molar-refractivity contribution in [1.82, 2.24) is 10.6 Å². The van der Waals surface area contributed by atoms with Gasteiger partial charge in [-0.3, -0.25) is 4.79 Å². The van der Waals surface area contributed by atoms with Crippen LogP contribution < -0.4 is 10.6 Å². The lowest BCUT2D eigenvalue weighted by molar-refractivity contribution is -0.121. The largest absolute Gasteiger partial charge is 0.356 e. The number of nitriles is 1. The zero-order valence-corrected chi connectivity index (χ0v) is 12.5. The van der Waals surface area contributed by atoms with Crippen molar-refractivity contribution in [2.75, 3.05) is 13.1 Å². The zero-order chi connectivity index (χ0) is 15.0. The van der Waals surface area contributed by atoms with Gasteiger partial charge in [-0.05, 0) is 36.1 Å². The highest BCUT2D eigenvalue weighted by molar-refractivity contribution is 5.76. The number of rotatable bonds is 7. The smallest absolute Gasteiger partial charge is 0.221 e. The van der Waals surface area contributed by atoms with E-state index < -0.39 is 0 Å². The van der Waals surface area contributed by atoms with Gasteiger partial charge in [-0.2, -0.15) is 5.26 Å². The van der Waals surface area contributed by atoms with Crippen LogP contribution in [0.1, 0.15) is 37.0 Å². The Bertz CT molecular complexity index is 489. The molecular weight excluding hydrogens is 250 g/mol. The third-order valence-electron chi connectivity index (χ3n) is 3.02. The Kier molecular flexibility index (Phi) is 6.75. The van der Waals surface area contributed by atoms with Crippen LogP contribution in [0.4, 0.5) is 0 Å². The summed E-state index contributed by atoms with van der Waals surface area (Å²) >= 11 is 0. The molecular formula is C16H23N3O. The first-order valence-corrected chi connectivity index (χ1v) is 7.00. The summed E-state index contributed by atoms with van der Waals surface area (Å²) in [7, 11) is 0. The van der Waals surface area contributed by atoms with E-state index in [4.69, 9.17) is 5.26 Å². The number of nitrogens with zero attached hydrogens (tertiary/aromatic N) is 1. The lowest BCUT2D eigenvalue weighted by atomic mass is 10.1. The van der Waals surface area contributed by atoms with E-state index in [-0.39, 0.29) is 5.91 Å². The first kappa shape index (κ1) is 16.2. The Morgan fingerprint density at radius 2 is 2.15 bits per heavy atom. The van der Waals surface area contributed by atoms with E-state index >= 15 is 0 Å². The molecule has 1 aromatic carbocycles. The van der Waals surface area contributed by atoms with Crippen LogP contribution >= 0.6 is 0 Å². The van der Waals surface area contributed by atoms with E-state index in [9.17, 15) is 4.79 Å². The van der Waals surface area contributed by atoms with E-state index in [1.807, 2.05) is 25.1 Å². The van der Waals surface area contributed by atoms with Crippen LogP contribution in [0, 0.1) is 24.2 Å². The van der Waals surface area contributed by atoms with E-state index in [0.29, 0.717) is 24.4 Å². The first-order chi connectivity index (χ1) is 9.52. The van der Waals surface area contributed by atoms with Crippen LogP contribution in [0.3, 0.4) is 0 Å². The number of hydrogen-bond acceptors (Lipinski definition) is 3. The second-order valence-electron chi connectivity index (χ2n) is 5.38. The average molecular weight is 273 g/mol. The summed E-state index contributed by atoms with van der Waals surface area (Å²) in [6.07, 6.45) is 0.488. The SMILES string of the molecule is Cc1cc(C#N)ccc1CNCCC(=O)NCC(C)C. The molecule has 0 unspecified atom stereocenters. The van der Waals surface area contributed by atoms with E-state index in [0.717, 1.165) is 24.2 Å². The Morgan fingerprint density at radius 3 is 2.75 bits per heavy atom. The molecule has 0 saturated carbocycles. The highest BCUT2D eigenvalue weighted by Gasteiger charge is 2.03. The van der Waals surface area contributed by atoms with E-state index in [2.05, 4.69) is 30.6 Å². The molecule has 0 aliphatic carbocycles. The molecule has 1 amide bonds. The fourth-order valence-corrected chi connectivity index (χ4v) is 1.80. The average Bonchev–Trinajstić information content (AvgIpc) is 2.42. The van der Waals surface area contributed by atoms with Gasteiger partial charge in [0.2, 0.25) is 5.91 Å². The summed E-state index contributed by atoms with van der Waals surface area (Å²) < 4.78 is 0. The molecule has 2 N–H and O–H groups in total. The third-order valence-corrected chi connectivity index (χ3v) is 3.02. The summed E-state index contributed by atoms with van der Waals surface area (Å²) in [4.78, 5) is 11.5. The van der Waals surface area contributed by atoms with Crippen LogP contribution in [-0.2, 0) is 11.3 Å². The van der Waals surface area contributed by atoms with Gasteiger partial charge >= 0.3 is 0 Å². The molecule has 1 rings (SSSR count). The number of aryl methyl sites for hydroxylation is 1. The maximum absolute atomic E-state index is 11.5. The number of nitrogens with one attached hydrogen (secondary N) is 2. The molecule has 4 heteroatoms. The van der Waals surface area contributed by atoms with Gasteiger partial charge in [-0.15, -0.1) is 0 Å². The molecule has 0 atom stereocenters. The maximum Gasteiger partial charge on any atom is 0.221 e. The second-order valence-corrected chi connectivity index (χ2v) is 5.38. The molecule has 0 radical (unpaired) electrons. The van der Waals surface area contributed by atoms with Gasteiger partial charge in [0.1, 0.15) is 0 Å². The minimum Gasteiger partial charge on any atom is -0.356 e. The highest BCUT2D eigenvalue weighted by atomic mass is 16.1. The molecule has 4 nitrogen and oxygen atoms in total. The van der Waals surface area contributed by atoms with E-state index in [1.165, 1.54) is 0 Å². The van der Waals surface area contributed by atoms with Gasteiger partial charge in [-0.25, -0.2) is 0 Å². The fraction of sp³-hybridized carbons (Fsp3) is 0.500. The van der Waals surface area contributed by atoms with Gasteiger partial charge in [-0.1, -0.05) is 19.9 Å². The number of benzene rings is 1. The normalized spacial score (nSPS) is 10.3. The van der Waals surface area contributed by atoms with Crippen molar-refractivity contribution in [3.05, 3.63) is 34.9 Å². The number of carbonyl (C=O) groups is 1. The Hall–Kier alpha value is -1.86. The van der Waals surface area contributed by atoms with Crippen LogP contribution in [0.15, 0.2) is 18.2 Å². The topological polar surface area (TPSA) is 64.9 Å². The number of hydrogen-bond donors (Lipinski definition) is 2. The lowest BCUT2D eigenvalue weighted by Gasteiger charge is -2.09. The van der Waals surface area contributed by atoms with Crippen molar-refractivity contribution < 1.29 is 4.79 Å². The van der Waals surface area contributed by atoms with Crippen molar-refractivity contribution in [3.8, 4) is 6.07 Å². The fourth-order valence-electron chi connectivity index (χ4n) is 1.80. The van der Waals surface area contributed by atoms with Crippen LogP contribution in [0.2, 0.25) is 0 Å². The third kappa shape index (κ3) is 5.85. The summed E-state index contributed by atoms with van der Waals surface area (Å²) in [5, 5.41) is 15.0. The Balaban J connectivity index is 2.28. The Labute approximate surface area is 121 Å². The van der Waals surface area contributed by atoms with Crippen molar-refractivity contribution in [2.24, 2.45) is 5.92 Å². The highest BCUT2D eigenvalue weighted by Crippen LogP contribution is 2.10. The molecule has 0 heterocycles. The lowest BCUT2D eigenvalue weighted by Crippen LogP contribution is -2.30. The molecule has 0 aromatic heterocycles. The summed E-state index contributed by atoms with van der Waals surface area (Å²) in [6, 6.07) is 7.79. The summed E-state index contributed by atoms with van der Waals surface area (Å²) in [6.45, 7) is 8.25.